The van der Waals surface area contributed by atoms with E-state index in [1.807, 2.05) is 18.7 Å². The zero-order valence-electron chi connectivity index (χ0n) is 11.2. The van der Waals surface area contributed by atoms with Crippen LogP contribution in [-0.2, 0) is 4.79 Å². The standard InChI is InChI=1S/C13H26N2O/c1-5-15(6-2)12(16)10-11(3)14-13(4)8-7-9-13/h11,14H,5-10H2,1-4H3. The van der Waals surface area contributed by atoms with Gasteiger partial charge in [-0.2, -0.15) is 0 Å². The van der Waals surface area contributed by atoms with Crippen LogP contribution in [0.25, 0.3) is 0 Å². The molecule has 1 aliphatic rings. The zero-order valence-corrected chi connectivity index (χ0v) is 11.2. The lowest BCUT2D eigenvalue weighted by Crippen LogP contribution is -2.53. The lowest BCUT2D eigenvalue weighted by molar-refractivity contribution is -0.131. The van der Waals surface area contributed by atoms with Crippen LogP contribution in [-0.4, -0.2) is 35.5 Å². The summed E-state index contributed by atoms with van der Waals surface area (Å²) in [5.74, 6) is 0.271. The molecule has 0 aliphatic heterocycles. The molecule has 1 N–H and O–H groups in total. The highest BCUT2D eigenvalue weighted by molar-refractivity contribution is 5.76. The van der Waals surface area contributed by atoms with Crippen LogP contribution in [0, 0.1) is 0 Å². The summed E-state index contributed by atoms with van der Waals surface area (Å²) < 4.78 is 0. The second-order valence-electron chi connectivity index (χ2n) is 5.23. The fourth-order valence-electron chi connectivity index (χ4n) is 2.46. The van der Waals surface area contributed by atoms with Crippen LogP contribution in [0.2, 0.25) is 0 Å². The van der Waals surface area contributed by atoms with E-state index in [-0.39, 0.29) is 5.91 Å². The van der Waals surface area contributed by atoms with E-state index < -0.39 is 0 Å². The summed E-state index contributed by atoms with van der Waals surface area (Å²) >= 11 is 0. The number of carbonyl (C=O) groups excluding carboxylic acids is 1. The summed E-state index contributed by atoms with van der Waals surface area (Å²) in [5, 5.41) is 3.58. The normalized spacial score (nSPS) is 20.0. The topological polar surface area (TPSA) is 32.3 Å². The van der Waals surface area contributed by atoms with Gasteiger partial charge in [0.15, 0.2) is 0 Å². The Morgan fingerprint density at radius 2 is 1.94 bits per heavy atom. The predicted molar refractivity (Wildman–Crippen MR) is 67.4 cm³/mol. The lowest BCUT2D eigenvalue weighted by atomic mass is 9.78. The quantitative estimate of drug-likeness (QED) is 0.753. The minimum atomic E-state index is 0.271. The highest BCUT2D eigenvalue weighted by atomic mass is 16.2. The molecule has 0 spiro atoms. The Hall–Kier alpha value is -0.570. The molecular weight excluding hydrogens is 200 g/mol. The molecule has 0 heterocycles. The van der Waals surface area contributed by atoms with Crippen molar-refractivity contribution in [1.29, 1.82) is 0 Å². The molecular formula is C13H26N2O. The van der Waals surface area contributed by atoms with Gasteiger partial charge in [0, 0.05) is 31.1 Å². The largest absolute Gasteiger partial charge is 0.343 e. The van der Waals surface area contributed by atoms with E-state index in [9.17, 15) is 4.79 Å². The van der Waals surface area contributed by atoms with Gasteiger partial charge in [0.1, 0.15) is 0 Å². The summed E-state index contributed by atoms with van der Waals surface area (Å²) in [4.78, 5) is 13.8. The third kappa shape index (κ3) is 3.48. The van der Waals surface area contributed by atoms with Crippen molar-refractivity contribution >= 4 is 5.91 Å². The van der Waals surface area contributed by atoms with Gasteiger partial charge in [-0.25, -0.2) is 0 Å². The molecule has 3 heteroatoms. The molecule has 0 aromatic carbocycles. The van der Waals surface area contributed by atoms with Crippen molar-refractivity contribution in [1.82, 2.24) is 10.2 Å². The summed E-state index contributed by atoms with van der Waals surface area (Å²) in [7, 11) is 0. The van der Waals surface area contributed by atoms with Gasteiger partial charge in [0.25, 0.3) is 0 Å². The molecule has 1 rings (SSSR count). The van der Waals surface area contributed by atoms with E-state index in [0.717, 1.165) is 13.1 Å². The Kier molecular flexibility index (Phi) is 4.78. The first-order chi connectivity index (χ1) is 7.50. The summed E-state index contributed by atoms with van der Waals surface area (Å²) in [6.45, 7) is 10.1. The monoisotopic (exact) mass is 226 g/mol. The van der Waals surface area contributed by atoms with Gasteiger partial charge in [-0.3, -0.25) is 4.79 Å². The van der Waals surface area contributed by atoms with Crippen molar-refractivity contribution in [3.63, 3.8) is 0 Å². The van der Waals surface area contributed by atoms with Crippen LogP contribution < -0.4 is 5.32 Å². The number of nitrogens with zero attached hydrogens (tertiary/aromatic N) is 1. The molecule has 1 fully saturated rings. The van der Waals surface area contributed by atoms with Crippen LogP contribution in [0.4, 0.5) is 0 Å². The molecule has 1 amide bonds. The Morgan fingerprint density at radius 1 is 1.38 bits per heavy atom. The molecule has 1 unspecified atom stereocenters. The number of rotatable bonds is 6. The van der Waals surface area contributed by atoms with Gasteiger partial charge >= 0.3 is 0 Å². The first-order valence-electron chi connectivity index (χ1n) is 6.56. The fraction of sp³-hybridized carbons (Fsp3) is 0.923. The van der Waals surface area contributed by atoms with E-state index in [4.69, 9.17) is 0 Å². The smallest absolute Gasteiger partial charge is 0.224 e. The molecule has 1 aliphatic carbocycles. The molecule has 16 heavy (non-hydrogen) atoms. The van der Waals surface area contributed by atoms with Crippen molar-refractivity contribution in [2.24, 2.45) is 0 Å². The molecule has 94 valence electrons. The fourth-order valence-corrected chi connectivity index (χ4v) is 2.46. The van der Waals surface area contributed by atoms with Crippen LogP contribution in [0.15, 0.2) is 0 Å². The second kappa shape index (κ2) is 5.67. The minimum absolute atomic E-state index is 0.271. The third-order valence-corrected chi connectivity index (χ3v) is 3.65. The van der Waals surface area contributed by atoms with Gasteiger partial charge in [0.2, 0.25) is 5.91 Å². The van der Waals surface area contributed by atoms with E-state index >= 15 is 0 Å². The average Bonchev–Trinajstić information content (AvgIpc) is 2.16. The summed E-state index contributed by atoms with van der Waals surface area (Å²) in [6, 6.07) is 0.290. The highest BCUT2D eigenvalue weighted by Crippen LogP contribution is 2.31. The predicted octanol–water partition coefficient (Wildman–Crippen LogP) is 2.17. The number of carbonyl (C=O) groups is 1. The zero-order chi connectivity index (χ0) is 12.2. The van der Waals surface area contributed by atoms with E-state index in [2.05, 4.69) is 19.2 Å². The third-order valence-electron chi connectivity index (χ3n) is 3.65. The maximum Gasteiger partial charge on any atom is 0.224 e. The number of hydrogen-bond acceptors (Lipinski definition) is 2. The molecule has 3 nitrogen and oxygen atoms in total. The first kappa shape index (κ1) is 13.5. The maximum absolute atomic E-state index is 11.9. The van der Waals surface area contributed by atoms with Gasteiger partial charge in [-0.1, -0.05) is 0 Å². The first-order valence-corrected chi connectivity index (χ1v) is 6.56. The molecule has 0 radical (unpaired) electrons. The van der Waals surface area contributed by atoms with Crippen LogP contribution in [0.5, 0.6) is 0 Å². The van der Waals surface area contributed by atoms with Crippen LogP contribution >= 0.6 is 0 Å². The van der Waals surface area contributed by atoms with Gasteiger partial charge < -0.3 is 10.2 Å². The second-order valence-corrected chi connectivity index (χ2v) is 5.23. The van der Waals surface area contributed by atoms with Crippen molar-refractivity contribution in [2.75, 3.05) is 13.1 Å². The van der Waals surface area contributed by atoms with E-state index in [0.29, 0.717) is 18.0 Å². The van der Waals surface area contributed by atoms with Gasteiger partial charge in [-0.05, 0) is 47.0 Å². The van der Waals surface area contributed by atoms with Crippen molar-refractivity contribution in [3.8, 4) is 0 Å². The van der Waals surface area contributed by atoms with Gasteiger partial charge in [0.05, 0.1) is 0 Å². The molecule has 0 bridgehead atoms. The molecule has 0 saturated heterocycles. The number of hydrogen-bond donors (Lipinski definition) is 1. The SMILES string of the molecule is CCN(CC)C(=O)CC(C)NC1(C)CCC1. The lowest BCUT2D eigenvalue weighted by Gasteiger charge is -2.41. The Bertz CT molecular complexity index is 232. The number of amides is 1. The van der Waals surface area contributed by atoms with E-state index in [1.54, 1.807) is 0 Å². The van der Waals surface area contributed by atoms with Crippen molar-refractivity contribution in [2.45, 2.75) is 65.0 Å². The van der Waals surface area contributed by atoms with Gasteiger partial charge in [-0.15, -0.1) is 0 Å². The van der Waals surface area contributed by atoms with Crippen molar-refractivity contribution in [3.05, 3.63) is 0 Å². The molecule has 0 aromatic rings. The maximum atomic E-state index is 11.9. The number of nitrogens with one attached hydrogen (secondary N) is 1. The summed E-state index contributed by atoms with van der Waals surface area (Å²) in [6.07, 6.45) is 4.44. The van der Waals surface area contributed by atoms with Crippen molar-refractivity contribution < 1.29 is 4.79 Å². The molecule has 1 saturated carbocycles. The minimum Gasteiger partial charge on any atom is -0.343 e. The molecule has 1 atom stereocenters. The average molecular weight is 226 g/mol. The van der Waals surface area contributed by atoms with Crippen LogP contribution in [0.3, 0.4) is 0 Å². The highest BCUT2D eigenvalue weighted by Gasteiger charge is 2.32. The van der Waals surface area contributed by atoms with Crippen LogP contribution in [0.1, 0.15) is 53.4 Å². The summed E-state index contributed by atoms with van der Waals surface area (Å²) in [5.41, 5.74) is 0.295. The Labute approximate surface area is 99.6 Å². The molecule has 0 aromatic heterocycles. The Morgan fingerprint density at radius 3 is 2.31 bits per heavy atom. The van der Waals surface area contributed by atoms with E-state index in [1.165, 1.54) is 19.3 Å². The Balaban J connectivity index is 2.32.